The molecule has 2 heterocycles. The molecule has 1 amide bonds. The maximum absolute atomic E-state index is 12.0. The second-order valence-electron chi connectivity index (χ2n) is 5.66. The van der Waals surface area contributed by atoms with E-state index in [-0.39, 0.29) is 5.91 Å². The number of carbonyl (C=O) groups excluding carboxylic acids is 1. The van der Waals surface area contributed by atoms with E-state index in [1.165, 1.54) is 11.3 Å². The van der Waals surface area contributed by atoms with Crippen LogP contribution in [0.2, 0.25) is 5.02 Å². The molecule has 140 valence electrons. The summed E-state index contributed by atoms with van der Waals surface area (Å²) in [6, 6.07) is 11.1. The Hall–Kier alpha value is -1.96. The molecule has 0 fully saturated rings. The SMILES string of the molecule is O=C(CCCOc1ccc(Cl)cc1Br)NCc1csc(-c2ccccn2)n1. The molecular weight excluding hydrogens is 450 g/mol. The van der Waals surface area contributed by atoms with E-state index in [1.807, 2.05) is 23.6 Å². The molecule has 8 heteroatoms. The zero-order valence-corrected chi connectivity index (χ0v) is 17.5. The maximum Gasteiger partial charge on any atom is 0.220 e. The number of nitrogens with one attached hydrogen (secondary N) is 1. The van der Waals surface area contributed by atoms with Gasteiger partial charge < -0.3 is 10.1 Å². The zero-order chi connectivity index (χ0) is 19.1. The van der Waals surface area contributed by atoms with Gasteiger partial charge in [0, 0.05) is 23.0 Å². The molecule has 1 aromatic carbocycles. The average molecular weight is 467 g/mol. The Morgan fingerprint density at radius 1 is 1.30 bits per heavy atom. The summed E-state index contributed by atoms with van der Waals surface area (Å²) in [4.78, 5) is 20.8. The first-order valence-corrected chi connectivity index (χ1v) is 10.4. The fourth-order valence-corrected chi connectivity index (χ4v) is 3.87. The molecule has 0 aliphatic carbocycles. The number of aromatic nitrogens is 2. The highest BCUT2D eigenvalue weighted by molar-refractivity contribution is 9.10. The fraction of sp³-hybridized carbons (Fsp3) is 0.211. The molecule has 0 saturated carbocycles. The third-order valence-electron chi connectivity index (χ3n) is 3.60. The number of rotatable bonds is 8. The van der Waals surface area contributed by atoms with E-state index in [0.717, 1.165) is 20.9 Å². The van der Waals surface area contributed by atoms with Crippen molar-refractivity contribution in [1.29, 1.82) is 0 Å². The first-order valence-electron chi connectivity index (χ1n) is 8.32. The Morgan fingerprint density at radius 2 is 2.19 bits per heavy atom. The molecular formula is C19H17BrClN3O2S. The number of halogens is 2. The number of ether oxygens (including phenoxy) is 1. The van der Waals surface area contributed by atoms with Gasteiger partial charge in [-0.1, -0.05) is 17.7 Å². The van der Waals surface area contributed by atoms with Crippen LogP contribution in [0.5, 0.6) is 5.75 Å². The van der Waals surface area contributed by atoms with Gasteiger partial charge in [0.25, 0.3) is 0 Å². The minimum atomic E-state index is -0.0267. The molecule has 0 aliphatic heterocycles. The van der Waals surface area contributed by atoms with Gasteiger partial charge in [0.15, 0.2) is 0 Å². The normalized spacial score (nSPS) is 10.6. The van der Waals surface area contributed by atoms with Gasteiger partial charge >= 0.3 is 0 Å². The maximum atomic E-state index is 12.0. The molecule has 0 unspecified atom stereocenters. The lowest BCUT2D eigenvalue weighted by molar-refractivity contribution is -0.121. The molecule has 0 spiro atoms. The zero-order valence-electron chi connectivity index (χ0n) is 14.3. The molecule has 0 atom stereocenters. The fourth-order valence-electron chi connectivity index (χ4n) is 2.28. The van der Waals surface area contributed by atoms with Crippen molar-refractivity contribution in [3.63, 3.8) is 0 Å². The standard InChI is InChI=1S/C19H17BrClN3O2S/c20-15-10-13(21)6-7-17(15)26-9-3-5-18(25)23-11-14-12-27-19(24-14)16-4-1-2-8-22-16/h1-2,4,6-8,10,12H,3,5,9,11H2,(H,23,25). The van der Waals surface area contributed by atoms with Gasteiger partial charge in [-0.15, -0.1) is 11.3 Å². The molecule has 27 heavy (non-hydrogen) atoms. The van der Waals surface area contributed by atoms with Gasteiger partial charge in [-0.3, -0.25) is 9.78 Å². The third-order valence-corrected chi connectivity index (χ3v) is 5.37. The predicted octanol–water partition coefficient (Wildman–Crippen LogP) is 5.10. The van der Waals surface area contributed by atoms with Crippen LogP contribution in [0.25, 0.3) is 10.7 Å². The van der Waals surface area contributed by atoms with Crippen LogP contribution < -0.4 is 10.1 Å². The highest BCUT2D eigenvalue weighted by Gasteiger charge is 2.08. The lowest BCUT2D eigenvalue weighted by atomic mass is 10.3. The van der Waals surface area contributed by atoms with E-state index in [4.69, 9.17) is 16.3 Å². The highest BCUT2D eigenvalue weighted by atomic mass is 79.9. The number of carbonyl (C=O) groups is 1. The molecule has 2 aromatic heterocycles. The quantitative estimate of drug-likeness (QED) is 0.469. The van der Waals surface area contributed by atoms with Gasteiger partial charge in [-0.2, -0.15) is 0 Å². The first kappa shape index (κ1) is 19.8. The third kappa shape index (κ3) is 6.02. The van der Waals surface area contributed by atoms with Crippen molar-refractivity contribution in [3.05, 3.63) is 63.2 Å². The van der Waals surface area contributed by atoms with Crippen molar-refractivity contribution in [2.24, 2.45) is 0 Å². The van der Waals surface area contributed by atoms with E-state index < -0.39 is 0 Å². The monoisotopic (exact) mass is 465 g/mol. The van der Waals surface area contributed by atoms with Crippen LogP contribution in [0.15, 0.2) is 52.4 Å². The molecule has 0 radical (unpaired) electrons. The largest absolute Gasteiger partial charge is 0.492 e. The second-order valence-corrected chi connectivity index (χ2v) is 7.81. The molecule has 0 bridgehead atoms. The lowest BCUT2D eigenvalue weighted by Crippen LogP contribution is -2.23. The molecule has 0 aliphatic rings. The highest BCUT2D eigenvalue weighted by Crippen LogP contribution is 2.28. The van der Waals surface area contributed by atoms with Crippen LogP contribution >= 0.6 is 38.9 Å². The Kier molecular flexibility index (Phi) is 7.20. The van der Waals surface area contributed by atoms with Gasteiger partial charge in [-0.25, -0.2) is 4.98 Å². The van der Waals surface area contributed by atoms with E-state index in [1.54, 1.807) is 24.4 Å². The summed E-state index contributed by atoms with van der Waals surface area (Å²) in [7, 11) is 0. The Morgan fingerprint density at radius 3 is 2.96 bits per heavy atom. The van der Waals surface area contributed by atoms with E-state index in [9.17, 15) is 4.79 Å². The van der Waals surface area contributed by atoms with Gasteiger partial charge in [0.1, 0.15) is 10.8 Å². The number of benzene rings is 1. The number of hydrogen-bond acceptors (Lipinski definition) is 5. The van der Waals surface area contributed by atoms with Crippen molar-refractivity contribution in [3.8, 4) is 16.5 Å². The number of hydrogen-bond donors (Lipinski definition) is 1. The second kappa shape index (κ2) is 9.82. The number of thiazole rings is 1. The lowest BCUT2D eigenvalue weighted by Gasteiger charge is -2.08. The summed E-state index contributed by atoms with van der Waals surface area (Å²) in [5.74, 6) is 0.686. The molecule has 3 aromatic rings. The van der Waals surface area contributed by atoms with E-state index in [2.05, 4.69) is 31.2 Å². The first-order chi connectivity index (χ1) is 13.1. The Bertz CT molecular complexity index is 905. The Balaban J connectivity index is 1.38. The average Bonchev–Trinajstić information content (AvgIpc) is 3.15. The van der Waals surface area contributed by atoms with Crippen molar-refractivity contribution in [1.82, 2.24) is 15.3 Å². The Labute approximate surface area is 174 Å². The van der Waals surface area contributed by atoms with Crippen LogP contribution in [0.3, 0.4) is 0 Å². The number of amides is 1. The van der Waals surface area contributed by atoms with Gasteiger partial charge in [0.05, 0.1) is 29.0 Å². The van der Waals surface area contributed by atoms with Crippen molar-refractivity contribution in [2.75, 3.05) is 6.61 Å². The smallest absolute Gasteiger partial charge is 0.220 e. The number of nitrogens with zero attached hydrogens (tertiary/aromatic N) is 2. The summed E-state index contributed by atoms with van der Waals surface area (Å²) in [6.45, 7) is 0.861. The van der Waals surface area contributed by atoms with Crippen LogP contribution in [0.1, 0.15) is 18.5 Å². The minimum Gasteiger partial charge on any atom is -0.492 e. The number of pyridine rings is 1. The molecule has 3 rings (SSSR count). The summed E-state index contributed by atoms with van der Waals surface area (Å²) in [5, 5.41) is 6.31. The summed E-state index contributed by atoms with van der Waals surface area (Å²) in [5.41, 5.74) is 1.67. The van der Waals surface area contributed by atoms with Crippen molar-refractivity contribution in [2.45, 2.75) is 19.4 Å². The summed E-state index contributed by atoms with van der Waals surface area (Å²) < 4.78 is 6.45. The van der Waals surface area contributed by atoms with E-state index in [0.29, 0.717) is 36.8 Å². The van der Waals surface area contributed by atoms with Crippen molar-refractivity contribution >= 4 is 44.8 Å². The van der Waals surface area contributed by atoms with Crippen LogP contribution in [-0.4, -0.2) is 22.5 Å². The molecule has 1 N–H and O–H groups in total. The van der Waals surface area contributed by atoms with Crippen LogP contribution in [0, 0.1) is 0 Å². The molecule has 0 saturated heterocycles. The van der Waals surface area contributed by atoms with Crippen LogP contribution in [-0.2, 0) is 11.3 Å². The van der Waals surface area contributed by atoms with Crippen LogP contribution in [0.4, 0.5) is 0 Å². The van der Waals surface area contributed by atoms with Crippen molar-refractivity contribution < 1.29 is 9.53 Å². The predicted molar refractivity (Wildman–Crippen MR) is 111 cm³/mol. The van der Waals surface area contributed by atoms with Gasteiger partial charge in [-0.05, 0) is 52.7 Å². The topological polar surface area (TPSA) is 64.1 Å². The summed E-state index contributed by atoms with van der Waals surface area (Å²) in [6.07, 6.45) is 2.75. The minimum absolute atomic E-state index is 0.0267. The van der Waals surface area contributed by atoms with Gasteiger partial charge in [0.2, 0.25) is 5.91 Å². The molecule has 5 nitrogen and oxygen atoms in total. The van der Waals surface area contributed by atoms with E-state index >= 15 is 0 Å². The summed E-state index contributed by atoms with van der Waals surface area (Å²) >= 11 is 10.8.